The molecule has 0 aromatic heterocycles. The van der Waals surface area contributed by atoms with E-state index in [0.29, 0.717) is 0 Å². The smallest absolute Gasteiger partial charge is 0.312 e. The standard InChI is InChI=1S/C11H18O2/c1-8(2)7-9-5-6-11(3,4)10(12)13-9/h7,9H,5-6H2,1-4H3/t9-/m0/s1. The van der Waals surface area contributed by atoms with Gasteiger partial charge >= 0.3 is 5.97 Å². The van der Waals surface area contributed by atoms with Crippen LogP contribution in [0.15, 0.2) is 11.6 Å². The van der Waals surface area contributed by atoms with Crippen molar-refractivity contribution in [1.29, 1.82) is 0 Å². The molecular weight excluding hydrogens is 164 g/mol. The molecule has 0 aromatic rings. The molecule has 1 aliphatic rings. The van der Waals surface area contributed by atoms with Gasteiger partial charge in [-0.1, -0.05) is 5.57 Å². The van der Waals surface area contributed by atoms with E-state index >= 15 is 0 Å². The molecule has 0 amide bonds. The van der Waals surface area contributed by atoms with Crippen molar-refractivity contribution < 1.29 is 9.53 Å². The summed E-state index contributed by atoms with van der Waals surface area (Å²) in [6.07, 6.45) is 3.89. The molecule has 2 heteroatoms. The number of hydrogen-bond donors (Lipinski definition) is 0. The van der Waals surface area contributed by atoms with Crippen molar-refractivity contribution in [2.45, 2.75) is 46.6 Å². The van der Waals surface area contributed by atoms with E-state index in [1.165, 1.54) is 5.57 Å². The Morgan fingerprint density at radius 2 is 2.15 bits per heavy atom. The molecular formula is C11H18O2. The average Bonchev–Trinajstić information content (AvgIpc) is 1.97. The highest BCUT2D eigenvalue weighted by Crippen LogP contribution is 2.31. The normalized spacial score (nSPS) is 26.5. The number of cyclic esters (lactones) is 1. The van der Waals surface area contributed by atoms with Crippen LogP contribution in [0, 0.1) is 5.41 Å². The fraction of sp³-hybridized carbons (Fsp3) is 0.727. The second kappa shape index (κ2) is 3.52. The lowest BCUT2D eigenvalue weighted by Crippen LogP contribution is -2.36. The number of hydrogen-bond acceptors (Lipinski definition) is 2. The minimum Gasteiger partial charge on any atom is -0.458 e. The molecule has 0 unspecified atom stereocenters. The SMILES string of the molecule is CC(C)=C[C@@H]1CCC(C)(C)C(=O)O1. The fourth-order valence-corrected chi connectivity index (χ4v) is 1.45. The number of allylic oxidation sites excluding steroid dienone is 1. The molecule has 2 nitrogen and oxygen atoms in total. The number of carbonyl (C=O) groups is 1. The van der Waals surface area contributed by atoms with Gasteiger partial charge in [0.1, 0.15) is 6.10 Å². The van der Waals surface area contributed by atoms with E-state index in [2.05, 4.69) is 0 Å². The average molecular weight is 182 g/mol. The van der Waals surface area contributed by atoms with E-state index < -0.39 is 0 Å². The summed E-state index contributed by atoms with van der Waals surface area (Å²) in [5.41, 5.74) is 0.920. The fourth-order valence-electron chi connectivity index (χ4n) is 1.45. The predicted octanol–water partition coefficient (Wildman–Crippen LogP) is 2.68. The third-order valence-corrected chi connectivity index (χ3v) is 2.38. The van der Waals surface area contributed by atoms with Gasteiger partial charge in [-0.15, -0.1) is 0 Å². The van der Waals surface area contributed by atoms with E-state index in [0.717, 1.165) is 12.8 Å². The maximum atomic E-state index is 11.5. The van der Waals surface area contributed by atoms with Gasteiger partial charge in [0.05, 0.1) is 5.41 Å². The number of esters is 1. The van der Waals surface area contributed by atoms with Crippen molar-refractivity contribution in [3.63, 3.8) is 0 Å². The largest absolute Gasteiger partial charge is 0.458 e. The van der Waals surface area contributed by atoms with Crippen molar-refractivity contribution in [2.75, 3.05) is 0 Å². The van der Waals surface area contributed by atoms with Gasteiger partial charge in [-0.3, -0.25) is 4.79 Å². The Labute approximate surface area is 80.0 Å². The van der Waals surface area contributed by atoms with Crippen LogP contribution >= 0.6 is 0 Å². The minimum atomic E-state index is -0.286. The quantitative estimate of drug-likeness (QED) is 0.460. The Hall–Kier alpha value is -0.790. The van der Waals surface area contributed by atoms with E-state index in [1.54, 1.807) is 0 Å². The van der Waals surface area contributed by atoms with Crippen molar-refractivity contribution in [2.24, 2.45) is 5.41 Å². The van der Waals surface area contributed by atoms with E-state index in [1.807, 2.05) is 33.8 Å². The second-order valence-corrected chi connectivity index (χ2v) is 4.61. The molecule has 13 heavy (non-hydrogen) atoms. The summed E-state index contributed by atoms with van der Waals surface area (Å²) in [5.74, 6) is -0.0683. The van der Waals surface area contributed by atoms with E-state index in [-0.39, 0.29) is 17.5 Å². The molecule has 1 aliphatic heterocycles. The van der Waals surface area contributed by atoms with Gasteiger partial charge in [-0.25, -0.2) is 0 Å². The van der Waals surface area contributed by atoms with Crippen LogP contribution in [0.3, 0.4) is 0 Å². The van der Waals surface area contributed by atoms with Crippen molar-refractivity contribution >= 4 is 5.97 Å². The van der Waals surface area contributed by atoms with Crippen molar-refractivity contribution in [3.8, 4) is 0 Å². The van der Waals surface area contributed by atoms with E-state index in [4.69, 9.17) is 4.74 Å². The predicted molar refractivity (Wildman–Crippen MR) is 52.3 cm³/mol. The monoisotopic (exact) mass is 182 g/mol. The van der Waals surface area contributed by atoms with Crippen LogP contribution < -0.4 is 0 Å². The summed E-state index contributed by atoms with van der Waals surface area (Å²) >= 11 is 0. The van der Waals surface area contributed by atoms with Crippen molar-refractivity contribution in [1.82, 2.24) is 0 Å². The summed E-state index contributed by atoms with van der Waals surface area (Å²) < 4.78 is 5.30. The zero-order valence-corrected chi connectivity index (χ0v) is 8.89. The second-order valence-electron chi connectivity index (χ2n) is 4.61. The highest BCUT2D eigenvalue weighted by Gasteiger charge is 2.35. The van der Waals surface area contributed by atoms with Crippen LogP contribution in [0.4, 0.5) is 0 Å². The third-order valence-electron chi connectivity index (χ3n) is 2.38. The zero-order chi connectivity index (χ0) is 10.1. The molecule has 74 valence electrons. The highest BCUT2D eigenvalue weighted by atomic mass is 16.5. The Morgan fingerprint density at radius 3 is 2.62 bits per heavy atom. The first-order chi connectivity index (χ1) is 5.92. The third kappa shape index (κ3) is 2.58. The molecule has 1 rings (SSSR count). The first-order valence-corrected chi connectivity index (χ1v) is 4.78. The molecule has 0 saturated carbocycles. The van der Waals surface area contributed by atoms with Gasteiger partial charge in [0.2, 0.25) is 0 Å². The van der Waals surface area contributed by atoms with Crippen LogP contribution in [0.1, 0.15) is 40.5 Å². The molecule has 1 heterocycles. The number of rotatable bonds is 1. The molecule has 0 bridgehead atoms. The van der Waals surface area contributed by atoms with Gasteiger partial charge in [0.25, 0.3) is 0 Å². The van der Waals surface area contributed by atoms with Crippen LogP contribution in [-0.2, 0) is 9.53 Å². The van der Waals surface area contributed by atoms with Gasteiger partial charge in [0.15, 0.2) is 0 Å². The van der Waals surface area contributed by atoms with Gasteiger partial charge in [-0.05, 0) is 46.6 Å². The molecule has 1 fully saturated rings. The summed E-state index contributed by atoms with van der Waals surface area (Å²) in [5, 5.41) is 0. The summed E-state index contributed by atoms with van der Waals surface area (Å²) in [7, 11) is 0. The van der Waals surface area contributed by atoms with E-state index in [9.17, 15) is 4.79 Å². The topological polar surface area (TPSA) is 26.3 Å². The van der Waals surface area contributed by atoms with Gasteiger partial charge in [-0.2, -0.15) is 0 Å². The Morgan fingerprint density at radius 1 is 1.54 bits per heavy atom. The summed E-state index contributed by atoms with van der Waals surface area (Å²) in [6, 6.07) is 0. The van der Waals surface area contributed by atoms with Crippen LogP contribution in [0.5, 0.6) is 0 Å². The first-order valence-electron chi connectivity index (χ1n) is 4.78. The van der Waals surface area contributed by atoms with Crippen LogP contribution in [-0.4, -0.2) is 12.1 Å². The first kappa shape index (κ1) is 10.3. The minimum absolute atomic E-state index is 0.00512. The molecule has 0 aliphatic carbocycles. The lowest BCUT2D eigenvalue weighted by atomic mass is 9.84. The Balaban J connectivity index is 2.62. The van der Waals surface area contributed by atoms with Gasteiger partial charge in [0, 0.05) is 0 Å². The lowest BCUT2D eigenvalue weighted by molar-refractivity contribution is -0.164. The summed E-state index contributed by atoms with van der Waals surface area (Å²) in [6.45, 7) is 7.92. The number of carbonyl (C=O) groups excluding carboxylic acids is 1. The molecule has 1 atom stereocenters. The number of ether oxygens (including phenoxy) is 1. The van der Waals surface area contributed by atoms with Crippen LogP contribution in [0.2, 0.25) is 0 Å². The molecule has 1 saturated heterocycles. The maximum Gasteiger partial charge on any atom is 0.312 e. The van der Waals surface area contributed by atoms with Gasteiger partial charge < -0.3 is 4.74 Å². The van der Waals surface area contributed by atoms with Crippen LogP contribution in [0.25, 0.3) is 0 Å². The van der Waals surface area contributed by atoms with Crippen molar-refractivity contribution in [3.05, 3.63) is 11.6 Å². The maximum absolute atomic E-state index is 11.5. The molecule has 0 N–H and O–H groups in total. The Bertz CT molecular complexity index is 234. The lowest BCUT2D eigenvalue weighted by Gasteiger charge is -2.31. The highest BCUT2D eigenvalue weighted by molar-refractivity contribution is 5.76. The molecule has 0 radical (unpaired) electrons. The molecule has 0 spiro atoms. The summed E-state index contributed by atoms with van der Waals surface area (Å²) in [4.78, 5) is 11.5. The zero-order valence-electron chi connectivity index (χ0n) is 8.89. The Kier molecular flexibility index (Phi) is 2.79. The molecule has 0 aromatic carbocycles.